The van der Waals surface area contributed by atoms with E-state index in [4.69, 9.17) is 9.47 Å². The second-order valence-electron chi connectivity index (χ2n) is 7.64. The summed E-state index contributed by atoms with van der Waals surface area (Å²) in [5.74, 6) is 0.916. The fourth-order valence-electron chi connectivity index (χ4n) is 4.06. The first-order valence-electron chi connectivity index (χ1n) is 10.3. The maximum Gasteiger partial charge on any atom is 0.255 e. The summed E-state index contributed by atoms with van der Waals surface area (Å²) in [6, 6.07) is 21.9. The predicted octanol–water partition coefficient (Wildman–Crippen LogP) is 3.66. The minimum Gasteiger partial charge on any atom is -0.486 e. The molecule has 0 radical (unpaired) electrons. The molecule has 5 rings (SSSR count). The van der Waals surface area contributed by atoms with Crippen molar-refractivity contribution in [1.82, 2.24) is 4.90 Å². The van der Waals surface area contributed by atoms with Crippen molar-refractivity contribution in [2.24, 2.45) is 0 Å². The zero-order valence-electron chi connectivity index (χ0n) is 16.9. The third-order valence-electron chi connectivity index (χ3n) is 5.61. The van der Waals surface area contributed by atoms with Crippen molar-refractivity contribution < 1.29 is 19.1 Å². The average molecular weight is 414 g/mol. The van der Waals surface area contributed by atoms with Gasteiger partial charge in [-0.3, -0.25) is 9.59 Å². The van der Waals surface area contributed by atoms with Crippen LogP contribution >= 0.6 is 0 Å². The van der Waals surface area contributed by atoms with Crippen molar-refractivity contribution in [3.8, 4) is 11.5 Å². The monoisotopic (exact) mass is 414 g/mol. The van der Waals surface area contributed by atoms with Crippen molar-refractivity contribution in [3.05, 3.63) is 89.5 Å². The fraction of sp³-hybridized carbons (Fsp3) is 0.200. The SMILES string of the molecule is O=C(Nc1ccc2c(c1)OCCO2)C(Cc1ccccc1)N1Cc2ccccc2C1=O. The number of carbonyl (C=O) groups excluding carboxylic acids is 2. The van der Waals surface area contributed by atoms with Crippen LogP contribution in [-0.4, -0.2) is 36.0 Å². The summed E-state index contributed by atoms with van der Waals surface area (Å²) in [5, 5.41) is 2.97. The number of anilines is 1. The van der Waals surface area contributed by atoms with E-state index in [0.29, 0.717) is 48.9 Å². The zero-order valence-corrected chi connectivity index (χ0v) is 16.9. The molecule has 6 nitrogen and oxygen atoms in total. The Balaban J connectivity index is 1.42. The Labute approximate surface area is 180 Å². The molecule has 2 amide bonds. The Morgan fingerprint density at radius 3 is 2.48 bits per heavy atom. The zero-order chi connectivity index (χ0) is 21.2. The van der Waals surface area contributed by atoms with E-state index >= 15 is 0 Å². The molecule has 2 aliphatic heterocycles. The Morgan fingerprint density at radius 2 is 1.68 bits per heavy atom. The first-order chi connectivity index (χ1) is 15.2. The van der Waals surface area contributed by atoms with Crippen LogP contribution in [0.2, 0.25) is 0 Å². The van der Waals surface area contributed by atoms with Gasteiger partial charge < -0.3 is 19.7 Å². The average Bonchev–Trinajstić information content (AvgIpc) is 3.14. The highest BCUT2D eigenvalue weighted by molar-refractivity contribution is 6.03. The second-order valence-corrected chi connectivity index (χ2v) is 7.64. The van der Waals surface area contributed by atoms with Crippen LogP contribution in [0.1, 0.15) is 21.5 Å². The van der Waals surface area contributed by atoms with Gasteiger partial charge in [0.2, 0.25) is 5.91 Å². The highest BCUT2D eigenvalue weighted by Gasteiger charge is 2.36. The van der Waals surface area contributed by atoms with Crippen molar-refractivity contribution >= 4 is 17.5 Å². The van der Waals surface area contributed by atoms with Crippen LogP contribution < -0.4 is 14.8 Å². The van der Waals surface area contributed by atoms with Gasteiger partial charge in [-0.15, -0.1) is 0 Å². The largest absolute Gasteiger partial charge is 0.486 e. The number of amides is 2. The molecule has 1 unspecified atom stereocenters. The van der Waals surface area contributed by atoms with E-state index in [1.54, 1.807) is 23.1 Å². The minimum atomic E-state index is -0.643. The van der Waals surface area contributed by atoms with E-state index in [1.165, 1.54) is 0 Å². The molecule has 3 aromatic rings. The normalized spacial score (nSPS) is 15.4. The molecule has 0 aromatic heterocycles. The molecule has 0 spiro atoms. The van der Waals surface area contributed by atoms with Crippen molar-refractivity contribution in [1.29, 1.82) is 0 Å². The fourth-order valence-corrected chi connectivity index (χ4v) is 4.06. The lowest BCUT2D eigenvalue weighted by molar-refractivity contribution is -0.120. The second kappa shape index (κ2) is 8.14. The molecular weight excluding hydrogens is 392 g/mol. The lowest BCUT2D eigenvalue weighted by atomic mass is 10.0. The van der Waals surface area contributed by atoms with Crippen LogP contribution in [0.5, 0.6) is 11.5 Å². The molecule has 0 bridgehead atoms. The molecule has 2 heterocycles. The highest BCUT2D eigenvalue weighted by Crippen LogP contribution is 2.33. The summed E-state index contributed by atoms with van der Waals surface area (Å²) in [6.07, 6.45) is 0.428. The molecule has 1 atom stereocenters. The molecule has 1 N–H and O–H groups in total. The maximum absolute atomic E-state index is 13.4. The van der Waals surface area contributed by atoms with Gasteiger partial charge in [0.15, 0.2) is 11.5 Å². The number of ether oxygens (including phenoxy) is 2. The van der Waals surface area contributed by atoms with Gasteiger partial charge in [-0.05, 0) is 29.3 Å². The van der Waals surface area contributed by atoms with E-state index in [0.717, 1.165) is 11.1 Å². The third kappa shape index (κ3) is 3.84. The number of rotatable bonds is 5. The number of carbonyl (C=O) groups is 2. The summed E-state index contributed by atoms with van der Waals surface area (Å²) in [7, 11) is 0. The standard InChI is InChI=1S/C25H22N2O4/c28-24(26-19-10-11-22-23(15-19)31-13-12-30-22)21(14-17-6-2-1-3-7-17)27-16-18-8-4-5-9-20(18)25(27)29/h1-11,15,21H,12-14,16H2,(H,26,28). The first kappa shape index (κ1) is 19.2. The first-order valence-corrected chi connectivity index (χ1v) is 10.3. The summed E-state index contributed by atoms with van der Waals surface area (Å²) in [6.45, 7) is 1.40. The van der Waals surface area contributed by atoms with Crippen molar-refractivity contribution in [2.45, 2.75) is 19.0 Å². The summed E-state index contributed by atoms with van der Waals surface area (Å²) >= 11 is 0. The number of nitrogens with zero attached hydrogens (tertiary/aromatic N) is 1. The number of hydrogen-bond acceptors (Lipinski definition) is 4. The molecule has 3 aromatic carbocycles. The molecule has 0 aliphatic carbocycles. The van der Waals surface area contributed by atoms with E-state index in [1.807, 2.05) is 54.6 Å². The van der Waals surface area contributed by atoms with E-state index in [-0.39, 0.29) is 11.8 Å². The van der Waals surface area contributed by atoms with Crippen LogP contribution in [0, 0.1) is 0 Å². The van der Waals surface area contributed by atoms with Gasteiger partial charge in [-0.25, -0.2) is 0 Å². The van der Waals surface area contributed by atoms with Gasteiger partial charge >= 0.3 is 0 Å². The molecule has 0 saturated carbocycles. The number of fused-ring (bicyclic) bond motifs is 2. The topological polar surface area (TPSA) is 67.9 Å². The highest BCUT2D eigenvalue weighted by atomic mass is 16.6. The smallest absolute Gasteiger partial charge is 0.255 e. The van der Waals surface area contributed by atoms with Gasteiger partial charge in [0.25, 0.3) is 5.91 Å². The molecule has 31 heavy (non-hydrogen) atoms. The lowest BCUT2D eigenvalue weighted by Gasteiger charge is -2.27. The van der Waals surface area contributed by atoms with Gasteiger partial charge in [-0.2, -0.15) is 0 Å². The van der Waals surface area contributed by atoms with Gasteiger partial charge in [0, 0.05) is 30.3 Å². The molecule has 156 valence electrons. The summed E-state index contributed by atoms with van der Waals surface area (Å²) in [5.41, 5.74) is 3.20. The summed E-state index contributed by atoms with van der Waals surface area (Å²) in [4.78, 5) is 28.1. The summed E-state index contributed by atoms with van der Waals surface area (Å²) < 4.78 is 11.2. The van der Waals surface area contributed by atoms with Gasteiger partial charge in [0.1, 0.15) is 19.3 Å². The molecule has 0 saturated heterocycles. The van der Waals surface area contributed by atoms with Gasteiger partial charge in [-0.1, -0.05) is 48.5 Å². The Bertz CT molecular complexity index is 1130. The van der Waals surface area contributed by atoms with Crippen LogP contribution in [-0.2, 0) is 17.8 Å². The maximum atomic E-state index is 13.4. The Morgan fingerprint density at radius 1 is 0.935 bits per heavy atom. The minimum absolute atomic E-state index is 0.117. The van der Waals surface area contributed by atoms with Gasteiger partial charge in [0.05, 0.1) is 0 Å². The quantitative estimate of drug-likeness (QED) is 0.692. The van der Waals surface area contributed by atoms with Crippen LogP contribution in [0.4, 0.5) is 5.69 Å². The van der Waals surface area contributed by atoms with Crippen molar-refractivity contribution in [2.75, 3.05) is 18.5 Å². The molecule has 6 heteroatoms. The third-order valence-corrected chi connectivity index (χ3v) is 5.61. The van der Waals surface area contributed by atoms with Crippen molar-refractivity contribution in [3.63, 3.8) is 0 Å². The number of nitrogens with one attached hydrogen (secondary N) is 1. The van der Waals surface area contributed by atoms with E-state index in [9.17, 15) is 9.59 Å². The molecule has 2 aliphatic rings. The lowest BCUT2D eigenvalue weighted by Crippen LogP contribution is -2.45. The molecule has 0 fully saturated rings. The predicted molar refractivity (Wildman–Crippen MR) is 116 cm³/mol. The van der Waals surface area contributed by atoms with Crippen LogP contribution in [0.3, 0.4) is 0 Å². The van der Waals surface area contributed by atoms with E-state index in [2.05, 4.69) is 5.32 Å². The van der Waals surface area contributed by atoms with E-state index < -0.39 is 6.04 Å². The Kier molecular flexibility index (Phi) is 5.04. The molecular formula is C25H22N2O4. The van der Waals surface area contributed by atoms with Crippen LogP contribution in [0.15, 0.2) is 72.8 Å². The number of hydrogen-bond donors (Lipinski definition) is 1. The Hall–Kier alpha value is -3.80. The van der Waals surface area contributed by atoms with Crippen LogP contribution in [0.25, 0.3) is 0 Å². The number of benzene rings is 3.